The van der Waals surface area contributed by atoms with Crippen LogP contribution in [0.4, 0.5) is 5.13 Å². The number of rotatable bonds is 9. The Hall–Kier alpha value is -2.48. The van der Waals surface area contributed by atoms with Gasteiger partial charge in [0, 0.05) is 62.2 Å². The third-order valence-electron chi connectivity index (χ3n) is 6.03. The lowest BCUT2D eigenvalue weighted by Gasteiger charge is -2.34. The van der Waals surface area contributed by atoms with Crippen molar-refractivity contribution in [3.63, 3.8) is 0 Å². The predicted octanol–water partition coefficient (Wildman–Crippen LogP) is 4.21. The highest BCUT2D eigenvalue weighted by Gasteiger charge is 2.21. The summed E-state index contributed by atoms with van der Waals surface area (Å²) in [6.07, 6.45) is 1.52. The van der Waals surface area contributed by atoms with Gasteiger partial charge in [0.25, 0.3) is 0 Å². The van der Waals surface area contributed by atoms with E-state index in [0.717, 1.165) is 72.7 Å². The number of halogens is 1. The summed E-state index contributed by atoms with van der Waals surface area (Å²) in [5.74, 6) is 0.887. The maximum absolute atomic E-state index is 12.6. The molecule has 0 aliphatic carbocycles. The van der Waals surface area contributed by atoms with E-state index in [2.05, 4.69) is 26.4 Å². The minimum atomic E-state index is -0.0810. The third kappa shape index (κ3) is 6.53. The van der Waals surface area contributed by atoms with Gasteiger partial charge in [0.15, 0.2) is 0 Å². The highest BCUT2D eigenvalue weighted by atomic mass is 35.5. The molecule has 1 N–H and O–H groups in total. The normalized spacial score (nSPS) is 15.4. The number of benzene rings is 2. The molecule has 8 heteroatoms. The topological polar surface area (TPSA) is 61.4 Å². The van der Waals surface area contributed by atoms with Gasteiger partial charge in [-0.25, -0.2) is 4.98 Å². The molecule has 1 saturated heterocycles. The summed E-state index contributed by atoms with van der Waals surface area (Å²) < 4.78 is 4.54. The molecule has 1 atom stereocenters. The fraction of sp³-hybridized carbons (Fsp3) is 0.400. The van der Waals surface area contributed by atoms with Gasteiger partial charge in [-0.3, -0.25) is 9.69 Å². The van der Waals surface area contributed by atoms with Crippen LogP contribution >= 0.6 is 23.1 Å². The standard InChI is InChI=1S/C25H30ClN5OS/c1-2-22(20-6-4-3-5-7-20)24(32)27-12-13-30-14-16-31(17-15-30)25-28-23(29-33-25)18-19-8-10-21(26)11-9-19/h3-11,22H,2,12-18H2,1H3,(H,27,32). The molecular weight excluding hydrogens is 454 g/mol. The number of amides is 1. The molecule has 1 amide bonds. The Morgan fingerprint density at radius 1 is 1.09 bits per heavy atom. The van der Waals surface area contributed by atoms with Crippen LogP contribution in [0, 0.1) is 0 Å². The van der Waals surface area contributed by atoms with E-state index in [9.17, 15) is 4.79 Å². The third-order valence-corrected chi connectivity index (χ3v) is 7.10. The molecule has 2 aromatic carbocycles. The number of carbonyl (C=O) groups excluding carboxylic acids is 1. The Morgan fingerprint density at radius 3 is 2.52 bits per heavy atom. The summed E-state index contributed by atoms with van der Waals surface area (Å²) in [5.41, 5.74) is 2.24. The average Bonchev–Trinajstić information content (AvgIpc) is 3.31. The van der Waals surface area contributed by atoms with E-state index in [1.807, 2.05) is 54.6 Å². The van der Waals surface area contributed by atoms with Crippen LogP contribution in [0.25, 0.3) is 0 Å². The summed E-state index contributed by atoms with van der Waals surface area (Å²) in [6.45, 7) is 7.35. The average molecular weight is 484 g/mol. The van der Waals surface area contributed by atoms with Crippen molar-refractivity contribution in [2.24, 2.45) is 0 Å². The van der Waals surface area contributed by atoms with Crippen LogP contribution in [0.2, 0.25) is 5.02 Å². The number of piperazine rings is 1. The molecule has 1 fully saturated rings. The molecule has 6 nitrogen and oxygen atoms in total. The van der Waals surface area contributed by atoms with Crippen molar-refractivity contribution >= 4 is 34.2 Å². The van der Waals surface area contributed by atoms with Gasteiger partial charge in [0.05, 0.1) is 5.92 Å². The number of hydrogen-bond acceptors (Lipinski definition) is 6. The van der Waals surface area contributed by atoms with Crippen molar-refractivity contribution in [2.45, 2.75) is 25.7 Å². The molecule has 0 radical (unpaired) electrons. The number of anilines is 1. The van der Waals surface area contributed by atoms with Gasteiger partial charge < -0.3 is 10.2 Å². The van der Waals surface area contributed by atoms with Crippen LogP contribution in [0.15, 0.2) is 54.6 Å². The summed E-state index contributed by atoms with van der Waals surface area (Å²) in [5, 5.41) is 4.86. The molecule has 174 valence electrons. The highest BCUT2D eigenvalue weighted by Crippen LogP contribution is 2.21. The molecule has 1 aliphatic heterocycles. The van der Waals surface area contributed by atoms with Crippen LogP contribution in [0.5, 0.6) is 0 Å². The van der Waals surface area contributed by atoms with Crippen LogP contribution in [-0.2, 0) is 11.2 Å². The van der Waals surface area contributed by atoms with Crippen molar-refractivity contribution in [3.05, 3.63) is 76.6 Å². The van der Waals surface area contributed by atoms with E-state index in [-0.39, 0.29) is 11.8 Å². The van der Waals surface area contributed by atoms with Gasteiger partial charge in [-0.1, -0.05) is 61.0 Å². The second-order valence-electron chi connectivity index (χ2n) is 8.29. The molecule has 1 aromatic heterocycles. The van der Waals surface area contributed by atoms with Crippen LogP contribution in [0.3, 0.4) is 0 Å². The summed E-state index contributed by atoms with van der Waals surface area (Å²) >= 11 is 7.43. The second kappa shape index (κ2) is 11.6. The maximum Gasteiger partial charge on any atom is 0.227 e. The zero-order valence-corrected chi connectivity index (χ0v) is 20.5. The summed E-state index contributed by atoms with van der Waals surface area (Å²) in [6, 6.07) is 17.9. The van der Waals surface area contributed by atoms with E-state index in [4.69, 9.17) is 16.6 Å². The zero-order valence-electron chi connectivity index (χ0n) is 18.9. The van der Waals surface area contributed by atoms with Crippen molar-refractivity contribution < 1.29 is 4.79 Å². The molecule has 0 spiro atoms. The molecule has 3 aromatic rings. The first-order chi connectivity index (χ1) is 16.1. The Labute approximate surface area is 204 Å². The van der Waals surface area contributed by atoms with E-state index in [0.29, 0.717) is 6.54 Å². The molecule has 4 rings (SSSR count). The molecule has 0 bridgehead atoms. The smallest absolute Gasteiger partial charge is 0.227 e. The second-order valence-corrected chi connectivity index (χ2v) is 9.45. The molecular formula is C25H30ClN5OS. The Morgan fingerprint density at radius 2 is 1.82 bits per heavy atom. The van der Waals surface area contributed by atoms with Crippen molar-refractivity contribution in [2.75, 3.05) is 44.2 Å². The SMILES string of the molecule is CCC(C(=O)NCCN1CCN(c2nc(Cc3ccc(Cl)cc3)ns2)CC1)c1ccccc1. The van der Waals surface area contributed by atoms with Gasteiger partial charge in [-0.2, -0.15) is 4.37 Å². The fourth-order valence-corrected chi connectivity index (χ4v) is 4.97. The molecule has 1 aliphatic rings. The van der Waals surface area contributed by atoms with Crippen molar-refractivity contribution in [3.8, 4) is 0 Å². The molecule has 2 heterocycles. The van der Waals surface area contributed by atoms with E-state index in [1.165, 1.54) is 11.5 Å². The molecule has 1 unspecified atom stereocenters. The Bertz CT molecular complexity index is 1020. The number of nitrogens with one attached hydrogen (secondary N) is 1. The van der Waals surface area contributed by atoms with Crippen LogP contribution in [0.1, 0.15) is 36.2 Å². The van der Waals surface area contributed by atoms with Gasteiger partial charge >= 0.3 is 0 Å². The van der Waals surface area contributed by atoms with E-state index in [1.54, 1.807) is 0 Å². The van der Waals surface area contributed by atoms with E-state index >= 15 is 0 Å². The lowest BCUT2D eigenvalue weighted by atomic mass is 9.96. The first-order valence-corrected chi connectivity index (χ1v) is 12.6. The quantitative estimate of drug-likeness (QED) is 0.494. The minimum Gasteiger partial charge on any atom is -0.354 e. The van der Waals surface area contributed by atoms with Gasteiger partial charge in [0.1, 0.15) is 5.82 Å². The minimum absolute atomic E-state index is 0.0810. The predicted molar refractivity (Wildman–Crippen MR) is 135 cm³/mol. The lowest BCUT2D eigenvalue weighted by Crippen LogP contribution is -2.48. The zero-order chi connectivity index (χ0) is 23.0. The Balaban J connectivity index is 1.20. The van der Waals surface area contributed by atoms with Gasteiger partial charge in [0.2, 0.25) is 11.0 Å². The van der Waals surface area contributed by atoms with E-state index < -0.39 is 0 Å². The van der Waals surface area contributed by atoms with Gasteiger partial charge in [-0.15, -0.1) is 0 Å². The van der Waals surface area contributed by atoms with Gasteiger partial charge in [-0.05, 0) is 29.7 Å². The molecule has 0 saturated carbocycles. The maximum atomic E-state index is 12.6. The lowest BCUT2D eigenvalue weighted by molar-refractivity contribution is -0.122. The summed E-state index contributed by atoms with van der Waals surface area (Å²) in [7, 11) is 0. The Kier molecular flexibility index (Phi) is 8.31. The number of hydrogen-bond donors (Lipinski definition) is 1. The van der Waals surface area contributed by atoms with Crippen LogP contribution < -0.4 is 10.2 Å². The number of aromatic nitrogens is 2. The van der Waals surface area contributed by atoms with Crippen molar-refractivity contribution in [1.82, 2.24) is 19.6 Å². The summed E-state index contributed by atoms with van der Waals surface area (Å²) in [4.78, 5) is 22.1. The number of carbonyl (C=O) groups is 1. The fourth-order valence-electron chi connectivity index (χ4n) is 4.11. The number of nitrogens with zero attached hydrogens (tertiary/aromatic N) is 4. The highest BCUT2D eigenvalue weighted by molar-refractivity contribution is 7.09. The van der Waals surface area contributed by atoms with Crippen LogP contribution in [-0.4, -0.2) is 59.4 Å². The monoisotopic (exact) mass is 483 g/mol. The first kappa shape index (κ1) is 23.7. The molecule has 33 heavy (non-hydrogen) atoms. The van der Waals surface area contributed by atoms with Crippen molar-refractivity contribution in [1.29, 1.82) is 0 Å². The largest absolute Gasteiger partial charge is 0.354 e. The first-order valence-electron chi connectivity index (χ1n) is 11.5.